The molecule has 17 heavy (non-hydrogen) atoms. The lowest BCUT2D eigenvalue weighted by molar-refractivity contribution is 0.444. The fraction of sp³-hybridized carbons (Fsp3) is 0.692. The molecular formula is C13H22N4. The zero-order valence-electron chi connectivity index (χ0n) is 10.8. The third-order valence-corrected chi connectivity index (χ3v) is 3.10. The van der Waals surface area contributed by atoms with Crippen molar-refractivity contribution in [3.63, 3.8) is 0 Å². The summed E-state index contributed by atoms with van der Waals surface area (Å²) in [5.41, 5.74) is 0. The molecule has 4 heteroatoms. The molecule has 1 saturated carbocycles. The van der Waals surface area contributed by atoms with E-state index < -0.39 is 0 Å². The monoisotopic (exact) mass is 234 g/mol. The van der Waals surface area contributed by atoms with Gasteiger partial charge in [-0.1, -0.05) is 13.8 Å². The van der Waals surface area contributed by atoms with Crippen LogP contribution in [0, 0.1) is 0 Å². The number of rotatable bonds is 6. The smallest absolute Gasteiger partial charge is 0.132 e. The molecule has 0 unspecified atom stereocenters. The maximum Gasteiger partial charge on any atom is 0.132 e. The molecule has 1 heterocycles. The minimum absolute atomic E-state index is 0.619. The molecule has 1 aliphatic rings. The van der Waals surface area contributed by atoms with Crippen molar-refractivity contribution in [1.29, 1.82) is 0 Å². The zero-order valence-corrected chi connectivity index (χ0v) is 10.8. The molecule has 1 fully saturated rings. The topological polar surface area (TPSA) is 49.8 Å². The van der Waals surface area contributed by atoms with E-state index >= 15 is 0 Å². The van der Waals surface area contributed by atoms with Crippen LogP contribution in [0.3, 0.4) is 0 Å². The van der Waals surface area contributed by atoms with E-state index in [1.807, 2.05) is 6.07 Å². The van der Waals surface area contributed by atoms with Gasteiger partial charge in [0.25, 0.3) is 0 Å². The van der Waals surface area contributed by atoms with Crippen molar-refractivity contribution in [2.24, 2.45) is 0 Å². The van der Waals surface area contributed by atoms with Gasteiger partial charge in [0.2, 0.25) is 0 Å². The second-order valence-electron chi connectivity index (χ2n) is 4.61. The second kappa shape index (κ2) is 5.84. The van der Waals surface area contributed by atoms with Crippen LogP contribution in [0.15, 0.2) is 6.07 Å². The summed E-state index contributed by atoms with van der Waals surface area (Å²) in [6, 6.07) is 2.64. The Labute approximate surface area is 103 Å². The molecule has 2 N–H and O–H groups in total. The van der Waals surface area contributed by atoms with Crippen LogP contribution in [-0.4, -0.2) is 22.6 Å². The van der Waals surface area contributed by atoms with Gasteiger partial charge < -0.3 is 10.6 Å². The normalized spacial score (nSPS) is 15.4. The number of nitrogens with one attached hydrogen (secondary N) is 2. The summed E-state index contributed by atoms with van der Waals surface area (Å²) >= 11 is 0. The lowest BCUT2D eigenvalue weighted by atomic mass is 9.93. The van der Waals surface area contributed by atoms with Gasteiger partial charge in [-0.25, -0.2) is 9.97 Å². The van der Waals surface area contributed by atoms with E-state index in [2.05, 4.69) is 34.4 Å². The molecule has 1 aliphatic carbocycles. The minimum Gasteiger partial charge on any atom is -0.370 e. The molecule has 2 rings (SSSR count). The van der Waals surface area contributed by atoms with Crippen LogP contribution in [0.5, 0.6) is 0 Å². The third kappa shape index (κ3) is 3.32. The van der Waals surface area contributed by atoms with Crippen molar-refractivity contribution < 1.29 is 0 Å². The molecule has 0 radical (unpaired) electrons. The average Bonchev–Trinajstić information content (AvgIpc) is 2.31. The highest BCUT2D eigenvalue weighted by molar-refractivity contribution is 5.48. The van der Waals surface area contributed by atoms with Crippen molar-refractivity contribution >= 4 is 11.6 Å². The number of anilines is 2. The molecule has 1 aromatic heterocycles. The van der Waals surface area contributed by atoms with Crippen molar-refractivity contribution in [2.45, 2.75) is 52.0 Å². The lowest BCUT2D eigenvalue weighted by Crippen LogP contribution is -2.27. The molecule has 0 aliphatic heterocycles. The van der Waals surface area contributed by atoms with Crippen LogP contribution < -0.4 is 10.6 Å². The van der Waals surface area contributed by atoms with E-state index in [4.69, 9.17) is 0 Å². The van der Waals surface area contributed by atoms with E-state index in [9.17, 15) is 0 Å². The van der Waals surface area contributed by atoms with Crippen LogP contribution in [0.2, 0.25) is 0 Å². The number of nitrogens with zero attached hydrogens (tertiary/aromatic N) is 2. The van der Waals surface area contributed by atoms with Gasteiger partial charge in [-0.05, 0) is 25.7 Å². The molecular weight excluding hydrogens is 212 g/mol. The summed E-state index contributed by atoms with van der Waals surface area (Å²) in [5, 5.41) is 6.81. The van der Waals surface area contributed by atoms with Crippen molar-refractivity contribution in [2.75, 3.05) is 17.2 Å². The molecule has 0 aromatic carbocycles. The van der Waals surface area contributed by atoms with Gasteiger partial charge in [0.15, 0.2) is 0 Å². The van der Waals surface area contributed by atoms with Crippen LogP contribution in [0.1, 0.15) is 45.4 Å². The number of aromatic nitrogens is 2. The first-order valence-electron chi connectivity index (χ1n) is 6.70. The van der Waals surface area contributed by atoms with E-state index in [0.717, 1.165) is 36.8 Å². The fourth-order valence-electron chi connectivity index (χ4n) is 1.83. The maximum atomic E-state index is 4.52. The summed E-state index contributed by atoms with van der Waals surface area (Å²) in [7, 11) is 0. The zero-order chi connectivity index (χ0) is 12.1. The molecule has 0 saturated heterocycles. The van der Waals surface area contributed by atoms with E-state index in [1.54, 1.807) is 0 Å². The van der Waals surface area contributed by atoms with E-state index in [0.29, 0.717) is 6.04 Å². The lowest BCUT2D eigenvalue weighted by Gasteiger charge is -2.27. The predicted octanol–water partition coefficient (Wildman–Crippen LogP) is 2.83. The fourth-order valence-corrected chi connectivity index (χ4v) is 1.83. The molecule has 1 aromatic rings. The highest BCUT2D eigenvalue weighted by atomic mass is 15.1. The largest absolute Gasteiger partial charge is 0.370 e. The number of aryl methyl sites for hydroxylation is 1. The minimum atomic E-state index is 0.619. The van der Waals surface area contributed by atoms with Crippen LogP contribution in [-0.2, 0) is 6.42 Å². The summed E-state index contributed by atoms with van der Waals surface area (Å²) in [6.07, 6.45) is 5.86. The highest BCUT2D eigenvalue weighted by Gasteiger charge is 2.17. The quantitative estimate of drug-likeness (QED) is 0.794. The molecule has 4 nitrogen and oxygen atoms in total. The molecule has 0 spiro atoms. The standard InChI is InChI=1S/C13H22N4/c1-3-8-14-12-9-13(15-10-6-5-7-10)17-11(4-2)16-12/h9-10H,3-8H2,1-2H3,(H2,14,15,16,17). The van der Waals surface area contributed by atoms with Crippen LogP contribution in [0.25, 0.3) is 0 Å². The van der Waals surface area contributed by atoms with Gasteiger partial charge in [0.1, 0.15) is 17.5 Å². The van der Waals surface area contributed by atoms with Crippen LogP contribution in [0.4, 0.5) is 11.6 Å². The number of hydrogen-bond donors (Lipinski definition) is 2. The summed E-state index contributed by atoms with van der Waals surface area (Å²) in [5.74, 6) is 2.83. The average molecular weight is 234 g/mol. The predicted molar refractivity (Wildman–Crippen MR) is 71.5 cm³/mol. The Morgan fingerprint density at radius 3 is 2.59 bits per heavy atom. The van der Waals surface area contributed by atoms with Gasteiger partial charge in [0, 0.05) is 25.1 Å². The van der Waals surface area contributed by atoms with Gasteiger partial charge in [-0.15, -0.1) is 0 Å². The van der Waals surface area contributed by atoms with Gasteiger partial charge >= 0.3 is 0 Å². The van der Waals surface area contributed by atoms with E-state index in [1.165, 1.54) is 19.3 Å². The van der Waals surface area contributed by atoms with Gasteiger partial charge in [-0.2, -0.15) is 0 Å². The van der Waals surface area contributed by atoms with Gasteiger partial charge in [-0.3, -0.25) is 0 Å². The SMILES string of the molecule is CCCNc1cc(NC2CCC2)nc(CC)n1. The molecule has 0 bridgehead atoms. The molecule has 0 amide bonds. The summed E-state index contributed by atoms with van der Waals surface area (Å²) in [6.45, 7) is 5.21. The molecule has 0 atom stereocenters. The Balaban J connectivity index is 2.06. The first-order valence-corrected chi connectivity index (χ1v) is 6.70. The first-order chi connectivity index (χ1) is 8.31. The van der Waals surface area contributed by atoms with Crippen LogP contribution >= 0.6 is 0 Å². The summed E-state index contributed by atoms with van der Waals surface area (Å²) in [4.78, 5) is 9.00. The van der Waals surface area contributed by atoms with Gasteiger partial charge in [0.05, 0.1) is 0 Å². The first kappa shape index (κ1) is 12.1. The third-order valence-electron chi connectivity index (χ3n) is 3.10. The van der Waals surface area contributed by atoms with E-state index in [-0.39, 0.29) is 0 Å². The second-order valence-corrected chi connectivity index (χ2v) is 4.61. The highest BCUT2D eigenvalue weighted by Crippen LogP contribution is 2.23. The Bertz CT molecular complexity index is 360. The Morgan fingerprint density at radius 2 is 2.00 bits per heavy atom. The van der Waals surface area contributed by atoms with Crippen molar-refractivity contribution in [1.82, 2.24) is 9.97 Å². The summed E-state index contributed by atoms with van der Waals surface area (Å²) < 4.78 is 0. The Morgan fingerprint density at radius 1 is 1.24 bits per heavy atom. The number of hydrogen-bond acceptors (Lipinski definition) is 4. The van der Waals surface area contributed by atoms with Crippen molar-refractivity contribution in [3.05, 3.63) is 11.9 Å². The Hall–Kier alpha value is -1.32. The van der Waals surface area contributed by atoms with Crippen molar-refractivity contribution in [3.8, 4) is 0 Å². The Kier molecular flexibility index (Phi) is 4.18. The maximum absolute atomic E-state index is 4.52. The molecule has 94 valence electrons.